The summed E-state index contributed by atoms with van der Waals surface area (Å²) in [7, 11) is 0. The molecule has 0 rings (SSSR count). The van der Waals surface area contributed by atoms with Crippen molar-refractivity contribution in [2.45, 2.75) is 37.3 Å². The van der Waals surface area contributed by atoms with E-state index in [0.717, 1.165) is 0 Å². The van der Waals surface area contributed by atoms with Gasteiger partial charge in [0.2, 0.25) is 6.17 Å². The van der Waals surface area contributed by atoms with Gasteiger partial charge in [-0.2, -0.15) is 26.3 Å². The fraction of sp³-hybridized carbons (Fsp3) is 1.00. The highest BCUT2D eigenvalue weighted by Crippen LogP contribution is 2.48. The molecule has 0 saturated carbocycles. The van der Waals surface area contributed by atoms with E-state index in [1.54, 1.807) is 0 Å². The first-order valence-electron chi connectivity index (χ1n) is 3.41. The molecule has 92 valence electrons. The van der Waals surface area contributed by atoms with Gasteiger partial charge in [-0.15, -0.1) is 0 Å². The van der Waals surface area contributed by atoms with E-state index in [4.69, 9.17) is 0 Å². The van der Waals surface area contributed by atoms with Crippen molar-refractivity contribution in [2.75, 3.05) is 0 Å². The Morgan fingerprint density at radius 3 is 1.33 bits per heavy atom. The summed E-state index contributed by atoms with van der Waals surface area (Å²) in [5.74, 6) is -17.6. The second kappa shape index (κ2) is 3.75. The second-order valence-corrected chi connectivity index (χ2v) is 2.82. The minimum Gasteiger partial charge on any atom is -0.234 e. The van der Waals surface area contributed by atoms with Crippen molar-refractivity contribution < 1.29 is 39.5 Å². The quantitative estimate of drug-likeness (QED) is 0.668. The summed E-state index contributed by atoms with van der Waals surface area (Å²) in [5, 5.41) is 0. The van der Waals surface area contributed by atoms with Gasteiger partial charge in [0.05, 0.1) is 0 Å². The van der Waals surface area contributed by atoms with Crippen LogP contribution in [0.2, 0.25) is 0 Å². The number of rotatable bonds is 4. The minimum atomic E-state index is -6.18. The van der Waals surface area contributed by atoms with Crippen molar-refractivity contribution >= 4 is 0 Å². The van der Waals surface area contributed by atoms with E-state index in [2.05, 4.69) is 0 Å². The van der Waals surface area contributed by atoms with Gasteiger partial charge in [0.15, 0.2) is 0 Å². The molecule has 0 aliphatic carbocycles. The lowest BCUT2D eigenvalue weighted by atomic mass is 10.0. The fourth-order valence-electron chi connectivity index (χ4n) is 0.624. The van der Waals surface area contributed by atoms with E-state index in [0.29, 0.717) is 0 Å². The van der Waals surface area contributed by atoms with Crippen molar-refractivity contribution in [3.63, 3.8) is 0 Å². The third-order valence-electron chi connectivity index (χ3n) is 1.54. The van der Waals surface area contributed by atoms with Gasteiger partial charge in [-0.25, -0.2) is 13.2 Å². The predicted octanol–water partition coefficient (Wildman–Crippen LogP) is 3.52. The summed E-state index contributed by atoms with van der Waals surface area (Å²) >= 11 is 0. The third kappa shape index (κ3) is 2.31. The van der Waals surface area contributed by atoms with Crippen LogP contribution in [-0.4, -0.2) is 30.4 Å². The smallest absolute Gasteiger partial charge is 0.234 e. The van der Waals surface area contributed by atoms with Crippen LogP contribution in [-0.2, 0) is 0 Å². The first-order valence-corrected chi connectivity index (χ1v) is 3.41. The lowest BCUT2D eigenvalue weighted by Crippen LogP contribution is -2.58. The predicted molar refractivity (Wildman–Crippen MR) is 31.4 cm³/mol. The van der Waals surface area contributed by atoms with E-state index in [9.17, 15) is 39.5 Å². The van der Waals surface area contributed by atoms with E-state index in [-0.39, 0.29) is 0 Å². The van der Waals surface area contributed by atoms with Gasteiger partial charge in [0.25, 0.3) is 6.43 Å². The van der Waals surface area contributed by atoms with Crippen molar-refractivity contribution in [3.8, 4) is 0 Å². The molecule has 0 amide bonds. The normalized spacial score (nSPS) is 17.0. The summed E-state index contributed by atoms with van der Waals surface area (Å²) in [6.07, 6.45) is -9.13. The van der Waals surface area contributed by atoms with E-state index in [1.165, 1.54) is 0 Å². The van der Waals surface area contributed by atoms with Gasteiger partial charge in [0.1, 0.15) is 0 Å². The van der Waals surface area contributed by atoms with Crippen molar-refractivity contribution in [2.24, 2.45) is 0 Å². The summed E-state index contributed by atoms with van der Waals surface area (Å²) in [6, 6.07) is 0. The molecule has 0 N–H and O–H groups in total. The maximum Gasteiger partial charge on any atom is 0.374 e. The zero-order chi connectivity index (χ0) is 12.7. The molecule has 1 atom stereocenters. The summed E-state index contributed by atoms with van der Waals surface area (Å²) < 4.78 is 108. The van der Waals surface area contributed by atoms with Crippen LogP contribution in [0.1, 0.15) is 6.92 Å². The van der Waals surface area contributed by atoms with Crippen LogP contribution < -0.4 is 0 Å². The Bertz CT molecular complexity index is 215. The maximum atomic E-state index is 12.3. The van der Waals surface area contributed by atoms with Gasteiger partial charge in [-0.1, -0.05) is 0 Å². The van der Waals surface area contributed by atoms with Gasteiger partial charge in [0, 0.05) is 6.92 Å². The van der Waals surface area contributed by atoms with E-state index >= 15 is 0 Å². The highest BCUT2D eigenvalue weighted by molar-refractivity contribution is 4.99. The molecule has 9 heteroatoms. The highest BCUT2D eigenvalue weighted by atomic mass is 19.3. The molecule has 0 fully saturated rings. The number of hydrogen-bond acceptors (Lipinski definition) is 0. The topological polar surface area (TPSA) is 0 Å². The molecular weight excluding hydrogens is 243 g/mol. The van der Waals surface area contributed by atoms with Crippen molar-refractivity contribution in [1.82, 2.24) is 0 Å². The number of halogens is 9. The van der Waals surface area contributed by atoms with Crippen LogP contribution in [0, 0.1) is 0 Å². The Morgan fingerprint density at radius 1 is 0.800 bits per heavy atom. The minimum absolute atomic E-state index is 0.612. The van der Waals surface area contributed by atoms with Crippen LogP contribution in [0.4, 0.5) is 39.5 Å². The average Bonchev–Trinajstić information content (AvgIpc) is 2.00. The van der Waals surface area contributed by atoms with Crippen LogP contribution in [0.15, 0.2) is 0 Å². The molecule has 0 nitrogen and oxygen atoms in total. The van der Waals surface area contributed by atoms with E-state index in [1.807, 2.05) is 0 Å². The Balaban J connectivity index is 5.19. The molecule has 0 saturated heterocycles. The fourth-order valence-corrected chi connectivity index (χ4v) is 0.624. The van der Waals surface area contributed by atoms with Crippen molar-refractivity contribution in [3.05, 3.63) is 0 Å². The van der Waals surface area contributed by atoms with Gasteiger partial charge < -0.3 is 0 Å². The number of alkyl halides is 9. The molecule has 0 aromatic carbocycles. The zero-order valence-electron chi connectivity index (χ0n) is 7.06. The van der Waals surface area contributed by atoms with Crippen LogP contribution in [0.3, 0.4) is 0 Å². The lowest BCUT2D eigenvalue weighted by molar-refractivity contribution is -0.328. The summed E-state index contributed by atoms with van der Waals surface area (Å²) in [4.78, 5) is 0. The average molecular weight is 248 g/mol. The summed E-state index contributed by atoms with van der Waals surface area (Å²) in [5.41, 5.74) is 0. The molecular formula is C6H5F9. The Morgan fingerprint density at radius 2 is 1.13 bits per heavy atom. The Kier molecular flexibility index (Phi) is 3.59. The molecule has 0 aromatic rings. The first kappa shape index (κ1) is 14.4. The van der Waals surface area contributed by atoms with Gasteiger partial charge in [-0.3, -0.25) is 0 Å². The molecule has 0 aliphatic heterocycles. The molecule has 0 spiro atoms. The molecule has 1 unspecified atom stereocenters. The monoisotopic (exact) mass is 248 g/mol. The van der Waals surface area contributed by atoms with Gasteiger partial charge in [-0.05, 0) is 0 Å². The van der Waals surface area contributed by atoms with E-state index < -0.39 is 37.3 Å². The third-order valence-corrected chi connectivity index (χ3v) is 1.54. The highest BCUT2D eigenvalue weighted by Gasteiger charge is 2.74. The number of hydrogen-bond donors (Lipinski definition) is 0. The molecule has 0 bridgehead atoms. The van der Waals surface area contributed by atoms with Crippen LogP contribution in [0.25, 0.3) is 0 Å². The van der Waals surface area contributed by atoms with Crippen LogP contribution >= 0.6 is 0 Å². The molecule has 0 radical (unpaired) electrons. The standard InChI is InChI=1S/C6H5F9/c1-4(10,11)6(14,15)5(12,13)2(7)3(8)9/h2-3H,1H3. The lowest BCUT2D eigenvalue weighted by Gasteiger charge is -2.32. The maximum absolute atomic E-state index is 12.3. The second-order valence-electron chi connectivity index (χ2n) is 2.82. The SMILES string of the molecule is CC(F)(F)C(F)(F)C(F)(F)C(F)C(F)F. The molecule has 15 heavy (non-hydrogen) atoms. The van der Waals surface area contributed by atoms with Gasteiger partial charge >= 0.3 is 17.8 Å². The molecule has 0 aliphatic rings. The summed E-state index contributed by atoms with van der Waals surface area (Å²) in [6.45, 7) is -0.612. The largest absolute Gasteiger partial charge is 0.374 e. The molecule has 0 heterocycles. The van der Waals surface area contributed by atoms with Crippen LogP contribution in [0.5, 0.6) is 0 Å². The zero-order valence-corrected chi connectivity index (χ0v) is 7.06. The Hall–Kier alpha value is -0.630. The first-order chi connectivity index (χ1) is 6.35. The Labute approximate surface area is 78.1 Å². The molecule has 0 aromatic heterocycles. The van der Waals surface area contributed by atoms with Crippen molar-refractivity contribution in [1.29, 1.82) is 0 Å².